The molecular weight excluding hydrogens is 198 g/mol. The van der Waals surface area contributed by atoms with Crippen molar-refractivity contribution in [1.29, 1.82) is 0 Å². The first kappa shape index (κ1) is 13.9. The van der Waals surface area contributed by atoms with Gasteiger partial charge >= 0.3 is 0 Å². The van der Waals surface area contributed by atoms with Crippen LogP contribution in [-0.2, 0) is 9.84 Å². The van der Waals surface area contributed by atoms with Crippen molar-refractivity contribution in [3.63, 3.8) is 0 Å². The van der Waals surface area contributed by atoms with Gasteiger partial charge in [-0.05, 0) is 33.1 Å². The first-order valence-corrected chi connectivity index (χ1v) is 6.78. The van der Waals surface area contributed by atoms with E-state index < -0.39 is 9.84 Å². The molecule has 2 N–H and O–H groups in total. The molecule has 0 rings (SSSR count). The van der Waals surface area contributed by atoms with E-state index in [9.17, 15) is 8.42 Å². The van der Waals surface area contributed by atoms with Crippen molar-refractivity contribution in [1.82, 2.24) is 0 Å². The summed E-state index contributed by atoms with van der Waals surface area (Å²) in [5, 5.41) is -0.615. The Morgan fingerprint density at radius 2 is 1.50 bits per heavy atom. The van der Waals surface area contributed by atoms with Gasteiger partial charge in [-0.25, -0.2) is 8.42 Å². The first-order valence-electron chi connectivity index (χ1n) is 5.17. The second-order valence-corrected chi connectivity index (χ2v) is 7.29. The van der Waals surface area contributed by atoms with E-state index in [1.54, 1.807) is 13.8 Å². The van der Waals surface area contributed by atoms with E-state index in [-0.39, 0.29) is 22.5 Å². The third-order valence-corrected chi connectivity index (χ3v) is 5.62. The summed E-state index contributed by atoms with van der Waals surface area (Å²) in [5.74, 6) is 0.163. The van der Waals surface area contributed by atoms with Crippen LogP contribution in [0.3, 0.4) is 0 Å². The van der Waals surface area contributed by atoms with E-state index in [2.05, 4.69) is 0 Å². The molecule has 0 aliphatic heterocycles. The molecule has 0 saturated carbocycles. The molecular formula is C10H23NO2S. The highest BCUT2D eigenvalue weighted by Gasteiger charge is 2.30. The molecule has 4 heteroatoms. The summed E-state index contributed by atoms with van der Waals surface area (Å²) in [4.78, 5) is 0. The summed E-state index contributed by atoms with van der Waals surface area (Å²) >= 11 is 0. The van der Waals surface area contributed by atoms with Gasteiger partial charge in [-0.15, -0.1) is 0 Å². The van der Waals surface area contributed by atoms with E-state index in [0.717, 1.165) is 0 Å². The summed E-state index contributed by atoms with van der Waals surface area (Å²) in [6.45, 7) is 9.23. The molecule has 0 aliphatic rings. The minimum Gasteiger partial charge on any atom is -0.328 e. The molecule has 0 amide bonds. The highest BCUT2D eigenvalue weighted by molar-refractivity contribution is 7.92. The fourth-order valence-corrected chi connectivity index (χ4v) is 3.47. The lowest BCUT2D eigenvalue weighted by Crippen LogP contribution is -2.35. The van der Waals surface area contributed by atoms with Crippen LogP contribution in [0.15, 0.2) is 0 Å². The number of hydrogen-bond donors (Lipinski definition) is 1. The van der Waals surface area contributed by atoms with Gasteiger partial charge in [-0.2, -0.15) is 0 Å². The lowest BCUT2D eigenvalue weighted by molar-refractivity contribution is 0.523. The second kappa shape index (κ2) is 5.12. The molecule has 0 saturated heterocycles. The normalized spacial score (nSPS) is 19.4. The average Bonchev–Trinajstić information content (AvgIpc) is 2.01. The van der Waals surface area contributed by atoms with Gasteiger partial charge in [0.2, 0.25) is 0 Å². The lowest BCUT2D eigenvalue weighted by atomic mass is 10.1. The quantitative estimate of drug-likeness (QED) is 0.766. The van der Waals surface area contributed by atoms with Gasteiger partial charge in [0.25, 0.3) is 0 Å². The summed E-state index contributed by atoms with van der Waals surface area (Å²) in [5.41, 5.74) is 5.60. The van der Waals surface area contributed by atoms with Crippen LogP contribution in [0, 0.1) is 5.92 Å². The highest BCUT2D eigenvalue weighted by Crippen LogP contribution is 2.19. The molecule has 0 bridgehead atoms. The fraction of sp³-hybridized carbons (Fsp3) is 1.00. The third kappa shape index (κ3) is 3.58. The van der Waals surface area contributed by atoms with Gasteiger partial charge in [0.05, 0.1) is 10.5 Å². The van der Waals surface area contributed by atoms with Crippen LogP contribution in [0.5, 0.6) is 0 Å². The Hall–Kier alpha value is -0.0900. The average molecular weight is 221 g/mol. The van der Waals surface area contributed by atoms with Crippen molar-refractivity contribution in [2.75, 3.05) is 0 Å². The third-order valence-electron chi connectivity index (χ3n) is 2.72. The molecule has 86 valence electrons. The van der Waals surface area contributed by atoms with Crippen molar-refractivity contribution in [2.45, 2.75) is 57.6 Å². The summed E-state index contributed by atoms with van der Waals surface area (Å²) in [7, 11) is -3.01. The predicted molar refractivity (Wildman–Crippen MR) is 60.9 cm³/mol. The number of hydrogen-bond acceptors (Lipinski definition) is 3. The Morgan fingerprint density at radius 3 is 1.79 bits per heavy atom. The first-order chi connectivity index (χ1) is 6.19. The minimum absolute atomic E-state index is 0.0564. The molecule has 3 nitrogen and oxygen atoms in total. The summed E-state index contributed by atoms with van der Waals surface area (Å²) in [6, 6.07) is -0.0564. The maximum Gasteiger partial charge on any atom is 0.155 e. The molecule has 14 heavy (non-hydrogen) atoms. The van der Waals surface area contributed by atoms with Crippen LogP contribution in [0.1, 0.15) is 41.0 Å². The second-order valence-electron chi connectivity index (χ2n) is 4.56. The van der Waals surface area contributed by atoms with Gasteiger partial charge in [-0.1, -0.05) is 13.8 Å². The van der Waals surface area contributed by atoms with Crippen LogP contribution in [-0.4, -0.2) is 25.0 Å². The fourth-order valence-electron chi connectivity index (χ4n) is 1.40. The zero-order valence-electron chi connectivity index (χ0n) is 9.82. The molecule has 0 radical (unpaired) electrons. The van der Waals surface area contributed by atoms with E-state index >= 15 is 0 Å². The van der Waals surface area contributed by atoms with Gasteiger partial charge < -0.3 is 5.73 Å². The minimum atomic E-state index is -3.01. The Kier molecular flexibility index (Phi) is 5.09. The van der Waals surface area contributed by atoms with E-state index in [4.69, 9.17) is 5.73 Å². The van der Waals surface area contributed by atoms with Crippen molar-refractivity contribution in [3.8, 4) is 0 Å². The number of nitrogens with two attached hydrogens (primary N) is 1. The topological polar surface area (TPSA) is 60.2 Å². The SMILES string of the molecule is CC(N)CC(C)S(=O)(=O)C(C)C(C)C. The smallest absolute Gasteiger partial charge is 0.155 e. The van der Waals surface area contributed by atoms with Crippen molar-refractivity contribution >= 4 is 9.84 Å². The van der Waals surface area contributed by atoms with Gasteiger partial charge in [0, 0.05) is 6.04 Å². The maximum absolute atomic E-state index is 12.0. The molecule has 0 aromatic heterocycles. The molecule has 0 aliphatic carbocycles. The largest absolute Gasteiger partial charge is 0.328 e. The van der Waals surface area contributed by atoms with Gasteiger partial charge in [-0.3, -0.25) is 0 Å². The number of sulfone groups is 1. The van der Waals surface area contributed by atoms with E-state index in [1.807, 2.05) is 20.8 Å². The maximum atomic E-state index is 12.0. The standard InChI is InChI=1S/C10H23NO2S/c1-7(2)10(5)14(12,13)9(4)6-8(3)11/h7-10H,6,11H2,1-5H3. The van der Waals surface area contributed by atoms with Crippen LogP contribution in [0.2, 0.25) is 0 Å². The van der Waals surface area contributed by atoms with Gasteiger partial charge in [0.1, 0.15) is 0 Å². The van der Waals surface area contributed by atoms with Crippen molar-refractivity contribution in [2.24, 2.45) is 11.7 Å². The van der Waals surface area contributed by atoms with E-state index in [1.165, 1.54) is 0 Å². The zero-order chi connectivity index (χ0) is 11.5. The van der Waals surface area contributed by atoms with Gasteiger partial charge in [0.15, 0.2) is 9.84 Å². The summed E-state index contributed by atoms with van der Waals surface area (Å²) < 4.78 is 23.9. The molecule has 0 spiro atoms. The number of rotatable bonds is 5. The molecule has 0 fully saturated rings. The van der Waals surface area contributed by atoms with Crippen molar-refractivity contribution in [3.05, 3.63) is 0 Å². The molecule has 0 aromatic rings. The van der Waals surface area contributed by atoms with E-state index in [0.29, 0.717) is 6.42 Å². The molecule has 0 aromatic carbocycles. The van der Waals surface area contributed by atoms with Crippen LogP contribution in [0.4, 0.5) is 0 Å². The van der Waals surface area contributed by atoms with Crippen LogP contribution >= 0.6 is 0 Å². The summed E-state index contributed by atoms with van der Waals surface area (Å²) in [6.07, 6.45) is 0.541. The zero-order valence-corrected chi connectivity index (χ0v) is 10.6. The Labute approximate surface area is 88.0 Å². The molecule has 3 unspecified atom stereocenters. The van der Waals surface area contributed by atoms with Crippen LogP contribution < -0.4 is 5.73 Å². The Morgan fingerprint density at radius 1 is 1.07 bits per heavy atom. The lowest BCUT2D eigenvalue weighted by Gasteiger charge is -2.22. The monoisotopic (exact) mass is 221 g/mol. The predicted octanol–water partition coefficient (Wildman–Crippen LogP) is 1.57. The van der Waals surface area contributed by atoms with Crippen LogP contribution in [0.25, 0.3) is 0 Å². The molecule has 0 heterocycles. The molecule has 3 atom stereocenters. The highest BCUT2D eigenvalue weighted by atomic mass is 32.2. The Bertz CT molecular complexity index is 257. The van der Waals surface area contributed by atoms with Crippen molar-refractivity contribution < 1.29 is 8.42 Å². The Balaban J connectivity index is 4.62.